The molecule has 0 bridgehead atoms. The van der Waals surface area contributed by atoms with E-state index in [2.05, 4.69) is 18.8 Å². The quantitative estimate of drug-likeness (QED) is 0.775. The van der Waals surface area contributed by atoms with Gasteiger partial charge in [0.2, 0.25) is 5.91 Å². The van der Waals surface area contributed by atoms with Crippen LogP contribution >= 0.6 is 0 Å². The Hall–Kier alpha value is -2.24. The molecule has 0 aliphatic rings. The molecule has 0 aliphatic heterocycles. The van der Waals surface area contributed by atoms with Crippen LogP contribution in [-0.2, 0) is 17.9 Å². The molecule has 6 heteroatoms. The predicted molar refractivity (Wildman–Crippen MR) is 88.2 cm³/mol. The number of nitrogens with zero attached hydrogens (tertiary/aromatic N) is 3. The van der Waals surface area contributed by atoms with Gasteiger partial charge in [-0.15, -0.1) is 0 Å². The fourth-order valence-electron chi connectivity index (χ4n) is 2.56. The molecule has 0 aliphatic carbocycles. The Balaban J connectivity index is 2.16. The molecule has 0 saturated heterocycles. The third-order valence-corrected chi connectivity index (χ3v) is 3.71. The molecule has 0 radical (unpaired) electrons. The van der Waals surface area contributed by atoms with Gasteiger partial charge in [0, 0.05) is 31.9 Å². The topological polar surface area (TPSA) is 38.1 Å². The van der Waals surface area contributed by atoms with E-state index in [0.717, 1.165) is 11.9 Å². The molecule has 1 heterocycles. The van der Waals surface area contributed by atoms with E-state index in [1.807, 2.05) is 11.5 Å². The van der Waals surface area contributed by atoms with E-state index < -0.39 is 11.6 Å². The van der Waals surface area contributed by atoms with Gasteiger partial charge < -0.3 is 9.47 Å². The van der Waals surface area contributed by atoms with E-state index in [4.69, 9.17) is 0 Å². The number of hydrogen-bond acceptors (Lipinski definition) is 2. The van der Waals surface area contributed by atoms with Crippen molar-refractivity contribution >= 4 is 5.91 Å². The molecule has 1 amide bonds. The van der Waals surface area contributed by atoms with Crippen molar-refractivity contribution in [2.45, 2.75) is 40.3 Å². The van der Waals surface area contributed by atoms with Crippen molar-refractivity contribution in [3.05, 3.63) is 53.6 Å². The third kappa shape index (κ3) is 4.63. The zero-order valence-electron chi connectivity index (χ0n) is 14.3. The van der Waals surface area contributed by atoms with E-state index in [1.54, 1.807) is 23.4 Å². The molecule has 0 fully saturated rings. The minimum atomic E-state index is -0.864. The lowest BCUT2D eigenvalue weighted by Gasteiger charge is -2.24. The van der Waals surface area contributed by atoms with E-state index in [9.17, 15) is 13.6 Å². The van der Waals surface area contributed by atoms with Gasteiger partial charge in [0.25, 0.3) is 0 Å². The number of rotatable bonds is 7. The van der Waals surface area contributed by atoms with E-state index >= 15 is 0 Å². The maximum Gasteiger partial charge on any atom is 0.222 e. The van der Waals surface area contributed by atoms with Gasteiger partial charge in [0.1, 0.15) is 5.82 Å². The summed E-state index contributed by atoms with van der Waals surface area (Å²) in [5.41, 5.74) is 0.644. The number of halogens is 2. The lowest BCUT2D eigenvalue weighted by molar-refractivity contribution is -0.132. The minimum Gasteiger partial charge on any atom is -0.335 e. The highest BCUT2D eigenvalue weighted by Gasteiger charge is 2.16. The van der Waals surface area contributed by atoms with Crippen LogP contribution in [0.4, 0.5) is 8.78 Å². The lowest BCUT2D eigenvalue weighted by Crippen LogP contribution is -2.34. The summed E-state index contributed by atoms with van der Waals surface area (Å²) in [6, 6.07) is 3.85. The molecular formula is C18H23F2N3O. The van der Waals surface area contributed by atoms with Crippen molar-refractivity contribution in [3.63, 3.8) is 0 Å². The van der Waals surface area contributed by atoms with Gasteiger partial charge in [-0.2, -0.15) is 0 Å². The van der Waals surface area contributed by atoms with Crippen LogP contribution in [0.15, 0.2) is 30.6 Å². The lowest BCUT2D eigenvalue weighted by atomic mass is 10.2. The number of benzene rings is 1. The van der Waals surface area contributed by atoms with Crippen molar-refractivity contribution in [2.75, 3.05) is 6.54 Å². The molecule has 130 valence electrons. The first-order chi connectivity index (χ1) is 11.4. The average Bonchev–Trinajstić information content (AvgIpc) is 2.96. The van der Waals surface area contributed by atoms with Crippen molar-refractivity contribution in [2.24, 2.45) is 5.92 Å². The summed E-state index contributed by atoms with van der Waals surface area (Å²) in [5, 5.41) is 0. The van der Waals surface area contributed by atoms with Crippen LogP contribution in [0.2, 0.25) is 0 Å². The van der Waals surface area contributed by atoms with Crippen LogP contribution in [0, 0.1) is 17.6 Å². The standard InChI is InChI=1S/C18H23F2N3O/c1-4-18(24)23(10-13(2)3)12-17-21-7-8-22(17)11-14-5-6-15(19)16(20)9-14/h5-9,13H,4,10-12H2,1-3H3. The number of aromatic nitrogens is 2. The van der Waals surface area contributed by atoms with Gasteiger partial charge in [-0.25, -0.2) is 13.8 Å². The molecule has 2 rings (SSSR count). The summed E-state index contributed by atoms with van der Waals surface area (Å²) < 4.78 is 28.3. The smallest absolute Gasteiger partial charge is 0.222 e. The van der Waals surface area contributed by atoms with Gasteiger partial charge in [-0.1, -0.05) is 26.8 Å². The molecule has 1 aromatic heterocycles. The zero-order chi connectivity index (χ0) is 17.7. The zero-order valence-corrected chi connectivity index (χ0v) is 14.3. The SMILES string of the molecule is CCC(=O)N(Cc1nccn1Cc1ccc(F)c(F)c1)CC(C)C. The van der Waals surface area contributed by atoms with Crippen LogP contribution < -0.4 is 0 Å². The van der Waals surface area contributed by atoms with Crippen LogP contribution in [0.3, 0.4) is 0 Å². The third-order valence-electron chi connectivity index (χ3n) is 3.71. The van der Waals surface area contributed by atoms with Crippen molar-refractivity contribution in [3.8, 4) is 0 Å². The summed E-state index contributed by atoms with van der Waals surface area (Å²) in [6.07, 6.45) is 3.87. The van der Waals surface area contributed by atoms with Crippen LogP contribution in [-0.4, -0.2) is 26.9 Å². The molecular weight excluding hydrogens is 312 g/mol. The summed E-state index contributed by atoms with van der Waals surface area (Å²) in [5.74, 6) is -0.568. The fraction of sp³-hybridized carbons (Fsp3) is 0.444. The van der Waals surface area contributed by atoms with Gasteiger partial charge >= 0.3 is 0 Å². The van der Waals surface area contributed by atoms with Crippen molar-refractivity contribution < 1.29 is 13.6 Å². The molecule has 0 spiro atoms. The molecule has 4 nitrogen and oxygen atoms in total. The van der Waals surface area contributed by atoms with Crippen LogP contribution in [0.25, 0.3) is 0 Å². The Morgan fingerprint density at radius 1 is 1.29 bits per heavy atom. The number of imidazole rings is 1. The number of hydrogen-bond donors (Lipinski definition) is 0. The summed E-state index contributed by atoms with van der Waals surface area (Å²) in [4.78, 5) is 18.2. The highest BCUT2D eigenvalue weighted by atomic mass is 19.2. The highest BCUT2D eigenvalue weighted by molar-refractivity contribution is 5.75. The van der Waals surface area contributed by atoms with Gasteiger partial charge in [-0.05, 0) is 23.6 Å². The minimum absolute atomic E-state index is 0.0751. The Morgan fingerprint density at radius 3 is 2.67 bits per heavy atom. The first-order valence-electron chi connectivity index (χ1n) is 8.12. The second kappa shape index (κ2) is 8.04. The summed E-state index contributed by atoms with van der Waals surface area (Å²) in [6.45, 7) is 7.39. The summed E-state index contributed by atoms with van der Waals surface area (Å²) in [7, 11) is 0. The van der Waals surface area contributed by atoms with E-state index in [1.165, 1.54) is 6.07 Å². The predicted octanol–water partition coefficient (Wildman–Crippen LogP) is 3.60. The molecule has 0 atom stereocenters. The molecule has 2 aromatic rings. The molecule has 24 heavy (non-hydrogen) atoms. The Morgan fingerprint density at radius 2 is 2.04 bits per heavy atom. The number of carbonyl (C=O) groups is 1. The molecule has 0 saturated carbocycles. The van der Waals surface area contributed by atoms with E-state index in [-0.39, 0.29) is 5.91 Å². The maximum absolute atomic E-state index is 13.4. The van der Waals surface area contributed by atoms with Gasteiger partial charge in [-0.3, -0.25) is 4.79 Å². The Bertz CT molecular complexity index is 697. The van der Waals surface area contributed by atoms with Gasteiger partial charge in [0.15, 0.2) is 11.6 Å². The molecule has 0 N–H and O–H groups in total. The molecule has 1 aromatic carbocycles. The Labute approximate surface area is 141 Å². The first-order valence-corrected chi connectivity index (χ1v) is 8.12. The highest BCUT2D eigenvalue weighted by Crippen LogP contribution is 2.13. The average molecular weight is 335 g/mol. The second-order valence-electron chi connectivity index (χ2n) is 6.24. The number of amides is 1. The van der Waals surface area contributed by atoms with E-state index in [0.29, 0.717) is 37.5 Å². The second-order valence-corrected chi connectivity index (χ2v) is 6.24. The largest absolute Gasteiger partial charge is 0.335 e. The normalized spacial score (nSPS) is 11.1. The van der Waals surface area contributed by atoms with Crippen molar-refractivity contribution in [1.29, 1.82) is 0 Å². The molecule has 0 unspecified atom stereocenters. The first kappa shape index (κ1) is 18.1. The summed E-state index contributed by atoms with van der Waals surface area (Å²) >= 11 is 0. The Kier molecular flexibility index (Phi) is 6.06. The van der Waals surface area contributed by atoms with Crippen LogP contribution in [0.1, 0.15) is 38.6 Å². The van der Waals surface area contributed by atoms with Crippen LogP contribution in [0.5, 0.6) is 0 Å². The van der Waals surface area contributed by atoms with Crippen molar-refractivity contribution in [1.82, 2.24) is 14.5 Å². The maximum atomic E-state index is 13.4. The fourth-order valence-corrected chi connectivity index (χ4v) is 2.56. The monoisotopic (exact) mass is 335 g/mol. The number of carbonyl (C=O) groups excluding carboxylic acids is 1. The van der Waals surface area contributed by atoms with Gasteiger partial charge in [0.05, 0.1) is 6.54 Å².